The van der Waals surface area contributed by atoms with Gasteiger partial charge in [0.2, 0.25) is 6.29 Å². The molecule has 0 bridgehead atoms. The molecule has 8 atom stereocenters. The molecule has 0 radical (unpaired) electrons. The number of phenolic OH excluding ortho intramolecular Hbond substituents is 2. The number of carbonyl (C=O) groups is 1. The van der Waals surface area contributed by atoms with E-state index >= 15 is 0 Å². The van der Waals surface area contributed by atoms with Crippen molar-refractivity contribution < 1.29 is 64.6 Å². The molecule has 2 fully saturated rings. The van der Waals surface area contributed by atoms with Crippen molar-refractivity contribution in [2.75, 3.05) is 19.8 Å². The zero-order chi connectivity index (χ0) is 28.3. The van der Waals surface area contributed by atoms with Crippen molar-refractivity contribution in [3.05, 3.63) is 59.7 Å². The van der Waals surface area contributed by atoms with Gasteiger partial charge in [-0.3, -0.25) is 4.79 Å². The Morgan fingerprint density at radius 1 is 1.03 bits per heavy atom. The van der Waals surface area contributed by atoms with Gasteiger partial charge in [-0.2, -0.15) is 0 Å². The summed E-state index contributed by atoms with van der Waals surface area (Å²) < 4.78 is 21.7. The van der Waals surface area contributed by atoms with Crippen LogP contribution in [0.2, 0.25) is 0 Å². The summed E-state index contributed by atoms with van der Waals surface area (Å²) in [6.07, 6.45) is -8.16. The molecular formula is C26H30O13. The highest BCUT2D eigenvalue weighted by Gasteiger charge is 2.53. The van der Waals surface area contributed by atoms with E-state index in [4.69, 9.17) is 18.9 Å². The number of aliphatic hydroxyl groups is 6. The molecule has 13 heteroatoms. The van der Waals surface area contributed by atoms with E-state index in [9.17, 15) is 45.6 Å². The third-order valence-corrected chi connectivity index (χ3v) is 6.50. The number of hydrogen-bond acceptors (Lipinski definition) is 13. The molecule has 0 saturated carbocycles. The van der Waals surface area contributed by atoms with Gasteiger partial charge in [0.1, 0.15) is 53.4 Å². The summed E-state index contributed by atoms with van der Waals surface area (Å²) in [4.78, 5) is 12.5. The molecule has 39 heavy (non-hydrogen) atoms. The van der Waals surface area contributed by atoms with Crippen LogP contribution in [0.1, 0.15) is 15.9 Å². The fourth-order valence-corrected chi connectivity index (χ4v) is 4.15. The van der Waals surface area contributed by atoms with Gasteiger partial charge in [-0.25, -0.2) is 0 Å². The molecule has 0 aromatic heterocycles. The largest absolute Gasteiger partial charge is 0.508 e. The zero-order valence-electron chi connectivity index (χ0n) is 20.5. The fourth-order valence-electron chi connectivity index (χ4n) is 4.15. The van der Waals surface area contributed by atoms with Crippen LogP contribution < -0.4 is 4.74 Å². The highest BCUT2D eigenvalue weighted by Crippen LogP contribution is 2.33. The Kier molecular flexibility index (Phi) is 8.86. The molecule has 2 aromatic carbocycles. The highest BCUT2D eigenvalue weighted by molar-refractivity contribution is 6.08. The molecule has 212 valence electrons. The number of ether oxygens (including phenoxy) is 4. The summed E-state index contributed by atoms with van der Waals surface area (Å²) in [5, 5.41) is 80.4. The molecule has 0 aliphatic carbocycles. The van der Waals surface area contributed by atoms with Crippen molar-refractivity contribution in [3.63, 3.8) is 0 Å². The van der Waals surface area contributed by atoms with Crippen LogP contribution in [0.4, 0.5) is 0 Å². The molecule has 13 nitrogen and oxygen atoms in total. The van der Waals surface area contributed by atoms with Gasteiger partial charge >= 0.3 is 0 Å². The van der Waals surface area contributed by atoms with Crippen molar-refractivity contribution in [2.24, 2.45) is 0 Å². The minimum absolute atomic E-state index is 0.0331. The van der Waals surface area contributed by atoms with Gasteiger partial charge in [-0.1, -0.05) is 18.2 Å². The topological polar surface area (TPSA) is 216 Å². The van der Waals surface area contributed by atoms with Crippen LogP contribution in [-0.2, 0) is 14.2 Å². The smallest absolute Gasteiger partial charge is 0.229 e. The second-order valence-corrected chi connectivity index (χ2v) is 9.28. The average Bonchev–Trinajstić information content (AvgIpc) is 3.21. The summed E-state index contributed by atoms with van der Waals surface area (Å²) in [7, 11) is 0. The number of aromatic hydroxyl groups is 2. The van der Waals surface area contributed by atoms with E-state index in [0.717, 1.165) is 6.07 Å². The number of benzene rings is 2. The molecule has 8 N–H and O–H groups in total. The molecule has 2 heterocycles. The maximum absolute atomic E-state index is 12.5. The van der Waals surface area contributed by atoms with Gasteiger partial charge in [-0.15, -0.1) is 0 Å². The number of hydrogen-bond donors (Lipinski definition) is 8. The van der Waals surface area contributed by atoms with Crippen LogP contribution in [-0.4, -0.2) is 115 Å². The van der Waals surface area contributed by atoms with Gasteiger partial charge in [0.05, 0.1) is 25.4 Å². The normalized spacial score (nSPS) is 32.9. The molecule has 0 spiro atoms. The maximum atomic E-state index is 12.5. The molecular weight excluding hydrogens is 520 g/mol. The lowest BCUT2D eigenvalue weighted by molar-refractivity contribution is -0.313. The number of ketones is 1. The summed E-state index contributed by atoms with van der Waals surface area (Å²) in [5.74, 6) is -0.907. The van der Waals surface area contributed by atoms with Gasteiger partial charge in [0, 0.05) is 6.07 Å². The Morgan fingerprint density at radius 3 is 2.36 bits per heavy atom. The Labute approximate surface area is 222 Å². The summed E-state index contributed by atoms with van der Waals surface area (Å²) in [5.41, 5.74) is -1.40. The minimum Gasteiger partial charge on any atom is -0.508 e. The number of carbonyl (C=O) groups excluding carboxylic acids is 1. The van der Waals surface area contributed by atoms with Crippen LogP contribution >= 0.6 is 0 Å². The Morgan fingerprint density at radius 2 is 1.74 bits per heavy atom. The van der Waals surface area contributed by atoms with Crippen LogP contribution in [0, 0.1) is 0 Å². The minimum atomic E-state index is -2.01. The lowest BCUT2D eigenvalue weighted by Gasteiger charge is -2.42. The first-order valence-corrected chi connectivity index (χ1v) is 12.0. The van der Waals surface area contributed by atoms with Gasteiger partial charge in [-0.05, 0) is 35.9 Å². The van der Waals surface area contributed by atoms with E-state index in [-0.39, 0.29) is 17.1 Å². The molecule has 2 aliphatic rings. The summed E-state index contributed by atoms with van der Waals surface area (Å²) in [6, 6.07) is 9.85. The Balaban J connectivity index is 1.45. The van der Waals surface area contributed by atoms with Crippen molar-refractivity contribution in [3.8, 4) is 17.2 Å². The predicted molar refractivity (Wildman–Crippen MR) is 131 cm³/mol. The third-order valence-electron chi connectivity index (χ3n) is 6.50. The second kappa shape index (κ2) is 12.0. The number of phenols is 2. The van der Waals surface area contributed by atoms with Crippen molar-refractivity contribution in [1.82, 2.24) is 0 Å². The Bertz CT molecular complexity index is 1170. The van der Waals surface area contributed by atoms with Crippen molar-refractivity contribution in [2.45, 2.75) is 48.7 Å². The van der Waals surface area contributed by atoms with Crippen molar-refractivity contribution in [1.29, 1.82) is 0 Å². The van der Waals surface area contributed by atoms with Crippen LogP contribution in [0.15, 0.2) is 48.5 Å². The van der Waals surface area contributed by atoms with E-state index in [1.807, 2.05) is 0 Å². The lowest BCUT2D eigenvalue weighted by atomic mass is 9.98. The van der Waals surface area contributed by atoms with E-state index in [1.165, 1.54) is 36.4 Å². The molecule has 2 aromatic rings. The number of allylic oxidation sites excluding steroid dienone is 1. The van der Waals surface area contributed by atoms with Gasteiger partial charge in [0.15, 0.2) is 12.1 Å². The first kappa shape index (κ1) is 28.9. The third kappa shape index (κ3) is 6.22. The van der Waals surface area contributed by atoms with Gasteiger partial charge < -0.3 is 59.8 Å². The first-order valence-electron chi connectivity index (χ1n) is 12.0. The van der Waals surface area contributed by atoms with E-state index in [2.05, 4.69) is 0 Å². The van der Waals surface area contributed by atoms with E-state index < -0.39 is 80.1 Å². The summed E-state index contributed by atoms with van der Waals surface area (Å²) >= 11 is 0. The molecule has 2 aliphatic heterocycles. The van der Waals surface area contributed by atoms with E-state index in [1.54, 1.807) is 12.1 Å². The predicted octanol–water partition coefficient (Wildman–Crippen LogP) is -1.36. The molecule has 0 amide bonds. The fraction of sp³-hybridized carbons (Fsp3) is 0.423. The monoisotopic (exact) mass is 550 g/mol. The Hall–Kier alpha value is -3.11. The first-order chi connectivity index (χ1) is 18.6. The standard InChI is InChI=1S/C26H30O13/c27-10-19-20(32)22(39-25-23(34)26(35,11-28)12-36-25)21(33)24(38-19)37-15-6-7-16(18(31)9-15)17(30)8-3-13-1-4-14(29)5-2-13/h1-9,19-25,27-29,31-35H,10-12H2/b8-3+/t19-,20-,21-,22+,23+,24-,25+,26-/m1/s1. The molecule has 4 rings (SSSR count). The van der Waals surface area contributed by atoms with E-state index in [0.29, 0.717) is 5.56 Å². The van der Waals surface area contributed by atoms with Crippen LogP contribution in [0.3, 0.4) is 0 Å². The SMILES string of the molecule is O=C(/C=C/c1ccc(O)cc1)c1ccc(O[C@@H]2O[C@H](CO)[C@@H](O)[C@H](O[C@@H]3OC[C@](O)(CO)[C@H]3O)[C@H]2O)cc1O. The maximum Gasteiger partial charge on any atom is 0.229 e. The zero-order valence-corrected chi connectivity index (χ0v) is 20.5. The molecule has 2 saturated heterocycles. The second-order valence-electron chi connectivity index (χ2n) is 9.28. The highest BCUT2D eigenvalue weighted by atomic mass is 16.7. The summed E-state index contributed by atoms with van der Waals surface area (Å²) in [6.45, 7) is -2.00. The van der Waals surface area contributed by atoms with Crippen LogP contribution in [0.25, 0.3) is 6.08 Å². The van der Waals surface area contributed by atoms with Gasteiger partial charge in [0.25, 0.3) is 0 Å². The number of aliphatic hydroxyl groups excluding tert-OH is 5. The average molecular weight is 551 g/mol. The molecule has 0 unspecified atom stereocenters. The quantitative estimate of drug-likeness (QED) is 0.134. The number of rotatable bonds is 9. The van der Waals surface area contributed by atoms with Crippen molar-refractivity contribution >= 4 is 11.9 Å². The lowest BCUT2D eigenvalue weighted by Crippen LogP contribution is -2.62. The van der Waals surface area contributed by atoms with Crippen LogP contribution in [0.5, 0.6) is 17.2 Å².